The fourth-order valence-corrected chi connectivity index (χ4v) is 1.54. The van der Waals surface area contributed by atoms with Crippen molar-refractivity contribution >= 4 is 17.8 Å². The van der Waals surface area contributed by atoms with Crippen LogP contribution in [-0.2, 0) is 25.5 Å². The Balaban J connectivity index is 2.67. The van der Waals surface area contributed by atoms with Crippen molar-refractivity contribution in [2.75, 3.05) is 7.11 Å². The summed E-state index contributed by atoms with van der Waals surface area (Å²) in [5, 5.41) is 2.42. The largest absolute Gasteiger partial charge is 0.467 e. The number of carbonyl (C=O) groups is 3. The van der Waals surface area contributed by atoms with Gasteiger partial charge in [-0.05, 0) is 0 Å². The van der Waals surface area contributed by atoms with E-state index in [2.05, 4.69) is 20.0 Å². The van der Waals surface area contributed by atoms with Gasteiger partial charge in [0.05, 0.1) is 25.9 Å². The lowest BCUT2D eigenvalue weighted by Gasteiger charge is -2.18. The highest BCUT2D eigenvalue weighted by Crippen LogP contribution is 2.01. The average molecular weight is 283 g/mol. The van der Waals surface area contributed by atoms with Crippen LogP contribution in [0.5, 0.6) is 0 Å². The molecule has 6 N–H and O–H groups in total. The molecule has 0 aliphatic rings. The minimum atomic E-state index is -1.11. The van der Waals surface area contributed by atoms with Crippen LogP contribution in [0.15, 0.2) is 12.5 Å². The molecule has 0 aliphatic carbocycles. The maximum absolute atomic E-state index is 11.8. The number of rotatable bonds is 7. The van der Waals surface area contributed by atoms with Gasteiger partial charge in [0, 0.05) is 18.3 Å². The summed E-state index contributed by atoms with van der Waals surface area (Å²) in [5.41, 5.74) is 11.1. The van der Waals surface area contributed by atoms with Crippen molar-refractivity contribution < 1.29 is 19.1 Å². The number of esters is 1. The van der Waals surface area contributed by atoms with Crippen LogP contribution in [0.4, 0.5) is 0 Å². The van der Waals surface area contributed by atoms with E-state index in [0.29, 0.717) is 5.69 Å². The molecule has 0 aromatic carbocycles. The van der Waals surface area contributed by atoms with Crippen molar-refractivity contribution in [2.24, 2.45) is 11.5 Å². The molecule has 1 rings (SSSR count). The lowest BCUT2D eigenvalue weighted by molar-refractivity contribution is -0.145. The number of aromatic nitrogens is 2. The SMILES string of the molecule is COC(=O)[C@H](Cc1cnc[nH]1)NC(=O)[C@@H](N)CC(N)=O. The zero-order chi connectivity index (χ0) is 15.1. The van der Waals surface area contributed by atoms with Crippen LogP contribution in [0.2, 0.25) is 0 Å². The third-order valence-corrected chi connectivity index (χ3v) is 2.54. The number of nitrogens with one attached hydrogen (secondary N) is 2. The Morgan fingerprint density at radius 3 is 2.70 bits per heavy atom. The van der Waals surface area contributed by atoms with E-state index in [9.17, 15) is 14.4 Å². The van der Waals surface area contributed by atoms with Crippen LogP contribution < -0.4 is 16.8 Å². The Labute approximate surface area is 115 Å². The first-order valence-electron chi connectivity index (χ1n) is 5.83. The number of imidazole rings is 1. The molecule has 9 nitrogen and oxygen atoms in total. The molecule has 0 fully saturated rings. The molecule has 0 saturated carbocycles. The van der Waals surface area contributed by atoms with Gasteiger partial charge >= 0.3 is 5.97 Å². The number of aromatic amines is 1. The summed E-state index contributed by atoms with van der Waals surface area (Å²) >= 11 is 0. The normalized spacial score (nSPS) is 13.3. The van der Waals surface area contributed by atoms with Crippen molar-refractivity contribution in [1.29, 1.82) is 0 Å². The maximum atomic E-state index is 11.8. The van der Waals surface area contributed by atoms with Crippen LogP contribution in [0.3, 0.4) is 0 Å². The van der Waals surface area contributed by atoms with Gasteiger partial charge in [0.15, 0.2) is 0 Å². The first-order valence-corrected chi connectivity index (χ1v) is 5.83. The third kappa shape index (κ3) is 4.69. The Morgan fingerprint density at radius 2 is 2.20 bits per heavy atom. The lowest BCUT2D eigenvalue weighted by atomic mass is 10.1. The van der Waals surface area contributed by atoms with Gasteiger partial charge in [-0.1, -0.05) is 0 Å². The number of hydrogen-bond donors (Lipinski definition) is 4. The smallest absolute Gasteiger partial charge is 0.328 e. The number of carbonyl (C=O) groups excluding carboxylic acids is 3. The molecule has 9 heteroatoms. The van der Waals surface area contributed by atoms with E-state index >= 15 is 0 Å². The monoisotopic (exact) mass is 283 g/mol. The molecule has 0 spiro atoms. The maximum Gasteiger partial charge on any atom is 0.328 e. The summed E-state index contributed by atoms with van der Waals surface area (Å²) in [4.78, 5) is 40.7. The van der Waals surface area contributed by atoms with Crippen molar-refractivity contribution in [3.05, 3.63) is 18.2 Å². The van der Waals surface area contributed by atoms with E-state index < -0.39 is 29.9 Å². The van der Waals surface area contributed by atoms with Gasteiger partial charge < -0.3 is 26.5 Å². The van der Waals surface area contributed by atoms with Crippen LogP contribution in [-0.4, -0.2) is 46.9 Å². The van der Waals surface area contributed by atoms with Crippen LogP contribution in [0, 0.1) is 0 Å². The van der Waals surface area contributed by atoms with E-state index in [1.165, 1.54) is 19.6 Å². The first-order chi connectivity index (χ1) is 9.43. The minimum Gasteiger partial charge on any atom is -0.467 e. The Hall–Kier alpha value is -2.42. The van der Waals surface area contributed by atoms with Crippen molar-refractivity contribution in [2.45, 2.75) is 24.9 Å². The highest BCUT2D eigenvalue weighted by Gasteiger charge is 2.25. The lowest BCUT2D eigenvalue weighted by Crippen LogP contribution is -2.50. The number of hydrogen-bond acceptors (Lipinski definition) is 6. The number of H-pyrrole nitrogens is 1. The molecule has 0 bridgehead atoms. The van der Waals surface area contributed by atoms with E-state index in [0.717, 1.165) is 0 Å². The van der Waals surface area contributed by atoms with Gasteiger partial charge in [0.25, 0.3) is 0 Å². The topological polar surface area (TPSA) is 153 Å². The third-order valence-electron chi connectivity index (χ3n) is 2.54. The molecule has 2 atom stereocenters. The number of ether oxygens (including phenoxy) is 1. The summed E-state index contributed by atoms with van der Waals surface area (Å²) in [7, 11) is 1.21. The molecular weight excluding hydrogens is 266 g/mol. The molecule has 0 saturated heterocycles. The predicted molar refractivity (Wildman–Crippen MR) is 68.0 cm³/mol. The summed E-state index contributed by atoms with van der Waals surface area (Å²) in [5.74, 6) is -1.98. The molecule has 20 heavy (non-hydrogen) atoms. The van der Waals surface area contributed by atoms with Crippen molar-refractivity contribution in [3.63, 3.8) is 0 Å². The summed E-state index contributed by atoms with van der Waals surface area (Å²) < 4.78 is 4.60. The quantitative estimate of drug-likeness (QED) is 0.417. The van der Waals surface area contributed by atoms with Crippen LogP contribution in [0.25, 0.3) is 0 Å². The molecule has 1 aromatic heterocycles. The van der Waals surface area contributed by atoms with Gasteiger partial charge in [-0.3, -0.25) is 9.59 Å². The Bertz CT molecular complexity index is 473. The molecular formula is C11H17N5O4. The predicted octanol–water partition coefficient (Wildman–Crippen LogP) is -2.19. The molecule has 0 aliphatic heterocycles. The standard InChI is InChI=1S/C11H17N5O4/c1-20-11(19)8(2-6-4-14-5-15-6)16-10(18)7(12)3-9(13)17/h4-5,7-8H,2-3,12H2,1H3,(H2,13,17)(H,14,15)(H,16,18)/t7-,8-/m0/s1. The van der Waals surface area contributed by atoms with E-state index in [4.69, 9.17) is 11.5 Å². The van der Waals surface area contributed by atoms with Crippen LogP contribution >= 0.6 is 0 Å². The number of amides is 2. The van der Waals surface area contributed by atoms with Gasteiger partial charge in [-0.25, -0.2) is 9.78 Å². The van der Waals surface area contributed by atoms with Gasteiger partial charge in [0.2, 0.25) is 11.8 Å². The summed E-state index contributed by atoms with van der Waals surface area (Å²) in [6.45, 7) is 0. The van der Waals surface area contributed by atoms with Gasteiger partial charge in [0.1, 0.15) is 6.04 Å². The summed E-state index contributed by atoms with van der Waals surface area (Å²) in [6, 6.07) is -2.03. The second kappa shape index (κ2) is 7.24. The van der Waals surface area contributed by atoms with Crippen LogP contribution in [0.1, 0.15) is 12.1 Å². The van der Waals surface area contributed by atoms with E-state index in [-0.39, 0.29) is 12.8 Å². The van der Waals surface area contributed by atoms with E-state index in [1.807, 2.05) is 0 Å². The Morgan fingerprint density at radius 1 is 1.50 bits per heavy atom. The zero-order valence-corrected chi connectivity index (χ0v) is 11.0. The molecule has 1 aromatic rings. The van der Waals surface area contributed by atoms with Gasteiger partial charge in [-0.2, -0.15) is 0 Å². The number of methoxy groups -OCH3 is 1. The molecule has 110 valence electrons. The number of primary amides is 1. The van der Waals surface area contributed by atoms with Crippen molar-refractivity contribution in [3.8, 4) is 0 Å². The molecule has 2 amide bonds. The molecule has 1 heterocycles. The van der Waals surface area contributed by atoms with Crippen molar-refractivity contribution in [1.82, 2.24) is 15.3 Å². The first kappa shape index (κ1) is 15.6. The Kier molecular flexibility index (Phi) is 5.66. The molecule has 0 radical (unpaired) electrons. The van der Waals surface area contributed by atoms with Gasteiger partial charge in [-0.15, -0.1) is 0 Å². The highest BCUT2D eigenvalue weighted by molar-refractivity contribution is 5.90. The van der Waals surface area contributed by atoms with E-state index in [1.54, 1.807) is 0 Å². The second-order valence-corrected chi connectivity index (χ2v) is 4.14. The average Bonchev–Trinajstić information content (AvgIpc) is 2.89. The fourth-order valence-electron chi connectivity index (χ4n) is 1.54. The number of nitrogens with two attached hydrogens (primary N) is 2. The fraction of sp³-hybridized carbons (Fsp3) is 0.455. The summed E-state index contributed by atoms with van der Waals surface area (Å²) in [6.07, 6.45) is 2.83. The minimum absolute atomic E-state index is 0.168. The zero-order valence-electron chi connectivity index (χ0n) is 11.0. The highest BCUT2D eigenvalue weighted by atomic mass is 16.5. The number of nitrogens with zero attached hydrogens (tertiary/aromatic N) is 1. The second-order valence-electron chi connectivity index (χ2n) is 4.14. The molecule has 0 unspecified atom stereocenters.